The van der Waals surface area contributed by atoms with Crippen LogP contribution in [0.3, 0.4) is 0 Å². The van der Waals surface area contributed by atoms with Crippen LogP contribution in [-0.4, -0.2) is 24.0 Å². The molecule has 0 aliphatic heterocycles. The number of hydrogen-bond acceptors (Lipinski definition) is 5. The van der Waals surface area contributed by atoms with Gasteiger partial charge in [0.25, 0.3) is 0 Å². The number of amides is 2. The molecule has 0 spiro atoms. The van der Waals surface area contributed by atoms with E-state index in [0.717, 1.165) is 5.56 Å². The van der Waals surface area contributed by atoms with Gasteiger partial charge in [-0.2, -0.15) is 5.10 Å². The molecule has 0 unspecified atom stereocenters. The van der Waals surface area contributed by atoms with Crippen LogP contribution < -0.4 is 15.5 Å². The first kappa shape index (κ1) is 24.4. The maximum absolute atomic E-state index is 12.5. The van der Waals surface area contributed by atoms with E-state index in [-0.39, 0.29) is 21.5 Å². The number of rotatable bonds is 5. The van der Waals surface area contributed by atoms with Gasteiger partial charge in [0.1, 0.15) is 5.75 Å². The minimum Gasteiger partial charge on any atom is -0.422 e. The van der Waals surface area contributed by atoms with Crippen molar-refractivity contribution in [2.24, 2.45) is 5.10 Å². The number of esters is 1. The summed E-state index contributed by atoms with van der Waals surface area (Å²) in [6.07, 6.45) is 1.25. The van der Waals surface area contributed by atoms with Gasteiger partial charge in [-0.3, -0.25) is 9.59 Å². The highest BCUT2D eigenvalue weighted by molar-refractivity contribution is 9.10. The molecule has 0 saturated heterocycles. The lowest BCUT2D eigenvalue weighted by molar-refractivity contribution is -0.136. The molecule has 0 saturated carbocycles. The van der Waals surface area contributed by atoms with E-state index < -0.39 is 17.8 Å². The van der Waals surface area contributed by atoms with Crippen LogP contribution in [-0.2, 0) is 9.59 Å². The van der Waals surface area contributed by atoms with Gasteiger partial charge >= 0.3 is 17.8 Å². The Labute approximate surface area is 207 Å². The number of carbonyl (C=O) groups is 3. The van der Waals surface area contributed by atoms with E-state index in [1.165, 1.54) is 12.3 Å². The second-order valence-corrected chi connectivity index (χ2v) is 8.34. The fourth-order valence-electron chi connectivity index (χ4n) is 2.66. The molecule has 0 aromatic heterocycles. The highest BCUT2D eigenvalue weighted by atomic mass is 79.9. The Bertz CT molecular complexity index is 1260. The van der Waals surface area contributed by atoms with Crippen molar-refractivity contribution in [1.29, 1.82) is 0 Å². The van der Waals surface area contributed by atoms with Gasteiger partial charge in [-0.1, -0.05) is 63.4 Å². The van der Waals surface area contributed by atoms with Crippen LogP contribution in [0.25, 0.3) is 0 Å². The normalized spacial score (nSPS) is 10.7. The van der Waals surface area contributed by atoms with E-state index in [4.69, 9.17) is 27.9 Å². The van der Waals surface area contributed by atoms with Crippen molar-refractivity contribution in [3.63, 3.8) is 0 Å². The molecule has 33 heavy (non-hydrogen) atoms. The van der Waals surface area contributed by atoms with Crippen LogP contribution in [0.4, 0.5) is 5.69 Å². The molecule has 168 valence electrons. The molecule has 2 amide bonds. The lowest BCUT2D eigenvalue weighted by Crippen LogP contribution is -2.32. The summed E-state index contributed by atoms with van der Waals surface area (Å²) in [5.41, 5.74) is 3.89. The van der Waals surface area contributed by atoms with Gasteiger partial charge in [0.2, 0.25) is 0 Å². The quantitative estimate of drug-likeness (QED) is 0.147. The molecule has 0 fully saturated rings. The number of benzene rings is 3. The first-order chi connectivity index (χ1) is 15.8. The molecule has 0 atom stereocenters. The van der Waals surface area contributed by atoms with Crippen LogP contribution in [0.2, 0.25) is 10.0 Å². The molecule has 0 bridgehead atoms. The van der Waals surface area contributed by atoms with E-state index in [2.05, 4.69) is 31.8 Å². The van der Waals surface area contributed by atoms with Gasteiger partial charge < -0.3 is 10.1 Å². The predicted molar refractivity (Wildman–Crippen MR) is 131 cm³/mol. The number of hydrazone groups is 1. The van der Waals surface area contributed by atoms with E-state index in [9.17, 15) is 14.4 Å². The Kier molecular flexibility index (Phi) is 8.21. The molecule has 2 N–H and O–H groups in total. The number of nitrogens with zero attached hydrogens (tertiary/aromatic N) is 1. The summed E-state index contributed by atoms with van der Waals surface area (Å²) in [6, 6.07) is 16.6. The number of aryl methyl sites for hydroxylation is 1. The lowest BCUT2D eigenvalue weighted by atomic mass is 10.1. The topological polar surface area (TPSA) is 96.9 Å². The Morgan fingerprint density at radius 2 is 1.76 bits per heavy atom. The zero-order valence-electron chi connectivity index (χ0n) is 17.1. The third-order valence-electron chi connectivity index (χ3n) is 4.32. The van der Waals surface area contributed by atoms with Crippen molar-refractivity contribution in [3.8, 4) is 5.75 Å². The second-order valence-electron chi connectivity index (χ2n) is 6.64. The molecule has 0 radical (unpaired) electrons. The maximum Gasteiger partial charge on any atom is 0.343 e. The fourth-order valence-corrected chi connectivity index (χ4v) is 3.39. The molecular formula is C23H16BrCl2N3O4. The third kappa shape index (κ3) is 6.41. The van der Waals surface area contributed by atoms with Crippen LogP contribution >= 0.6 is 39.1 Å². The predicted octanol–water partition coefficient (Wildman–Crippen LogP) is 5.37. The van der Waals surface area contributed by atoms with Gasteiger partial charge in [0.15, 0.2) is 0 Å². The Morgan fingerprint density at radius 1 is 1.00 bits per heavy atom. The summed E-state index contributed by atoms with van der Waals surface area (Å²) in [5.74, 6) is -2.33. The summed E-state index contributed by atoms with van der Waals surface area (Å²) in [7, 11) is 0. The summed E-state index contributed by atoms with van der Waals surface area (Å²) >= 11 is 15.2. The highest BCUT2D eigenvalue weighted by Gasteiger charge is 2.16. The van der Waals surface area contributed by atoms with Crippen LogP contribution in [0.15, 0.2) is 70.2 Å². The van der Waals surface area contributed by atoms with Crippen molar-refractivity contribution in [1.82, 2.24) is 5.43 Å². The second kappa shape index (κ2) is 11.1. The van der Waals surface area contributed by atoms with E-state index in [1.54, 1.807) is 55.5 Å². The molecule has 7 nitrogen and oxygen atoms in total. The number of hydrogen-bond donors (Lipinski definition) is 2. The molecule has 10 heteroatoms. The van der Waals surface area contributed by atoms with Gasteiger partial charge in [-0.25, -0.2) is 10.2 Å². The van der Waals surface area contributed by atoms with Crippen LogP contribution in [0.5, 0.6) is 5.75 Å². The van der Waals surface area contributed by atoms with Crippen molar-refractivity contribution in [3.05, 3.63) is 91.9 Å². The minimum absolute atomic E-state index is 0.109. The number of carbonyl (C=O) groups excluding carboxylic acids is 3. The SMILES string of the molecule is Cc1ccccc1C(=O)Oc1ccc(Br)cc1/C=N\NC(=O)C(=O)Nc1cccc(Cl)c1Cl. The maximum atomic E-state index is 12.5. The molecule has 3 rings (SSSR count). The lowest BCUT2D eigenvalue weighted by Gasteiger charge is -2.09. The van der Waals surface area contributed by atoms with Gasteiger partial charge in [0.05, 0.1) is 27.5 Å². The molecule has 0 aliphatic rings. The Morgan fingerprint density at radius 3 is 2.52 bits per heavy atom. The fraction of sp³-hybridized carbons (Fsp3) is 0.0435. The monoisotopic (exact) mass is 547 g/mol. The first-order valence-corrected chi connectivity index (χ1v) is 11.0. The van der Waals surface area contributed by atoms with E-state index >= 15 is 0 Å². The molecule has 3 aromatic carbocycles. The van der Waals surface area contributed by atoms with Crippen LogP contribution in [0, 0.1) is 6.92 Å². The minimum atomic E-state index is -1.03. The van der Waals surface area contributed by atoms with Crippen LogP contribution in [0.1, 0.15) is 21.5 Å². The number of nitrogens with one attached hydrogen (secondary N) is 2. The Balaban J connectivity index is 1.69. The molecule has 3 aromatic rings. The first-order valence-electron chi connectivity index (χ1n) is 9.42. The number of ether oxygens (including phenoxy) is 1. The Hall–Kier alpha value is -3.20. The largest absolute Gasteiger partial charge is 0.422 e. The van der Waals surface area contributed by atoms with Gasteiger partial charge in [-0.15, -0.1) is 0 Å². The zero-order chi connectivity index (χ0) is 24.0. The van der Waals surface area contributed by atoms with E-state index in [0.29, 0.717) is 15.6 Å². The molecule has 0 heterocycles. The number of anilines is 1. The summed E-state index contributed by atoms with van der Waals surface area (Å²) in [5, 5.41) is 6.48. The van der Waals surface area contributed by atoms with E-state index in [1.807, 2.05) is 6.07 Å². The summed E-state index contributed by atoms with van der Waals surface area (Å²) < 4.78 is 6.20. The van der Waals surface area contributed by atoms with Crippen molar-refractivity contribution >= 4 is 68.8 Å². The van der Waals surface area contributed by atoms with Crippen molar-refractivity contribution in [2.75, 3.05) is 5.32 Å². The average Bonchev–Trinajstić information content (AvgIpc) is 2.78. The number of halogens is 3. The average molecular weight is 549 g/mol. The van der Waals surface area contributed by atoms with Crippen molar-refractivity contribution < 1.29 is 19.1 Å². The standard InChI is InChI=1S/C23H16BrCl2N3O4/c1-13-5-2-3-6-16(13)23(32)33-19-10-9-15(24)11-14(19)12-27-29-22(31)21(30)28-18-8-4-7-17(25)20(18)26/h2-12H,1H3,(H,28,30)(H,29,31)/b27-12-. The summed E-state index contributed by atoms with van der Waals surface area (Å²) in [6.45, 7) is 1.80. The van der Waals surface area contributed by atoms with Gasteiger partial charge in [-0.05, 0) is 48.9 Å². The highest BCUT2D eigenvalue weighted by Crippen LogP contribution is 2.29. The third-order valence-corrected chi connectivity index (χ3v) is 5.63. The van der Waals surface area contributed by atoms with Gasteiger partial charge in [0, 0.05) is 10.0 Å². The van der Waals surface area contributed by atoms with Crippen molar-refractivity contribution in [2.45, 2.75) is 6.92 Å². The smallest absolute Gasteiger partial charge is 0.343 e. The summed E-state index contributed by atoms with van der Waals surface area (Å²) in [4.78, 5) is 36.7. The molecular weight excluding hydrogens is 533 g/mol. The zero-order valence-corrected chi connectivity index (χ0v) is 20.2. The molecule has 0 aliphatic carbocycles.